The van der Waals surface area contributed by atoms with Gasteiger partial charge in [-0.25, -0.2) is 4.98 Å². The quantitative estimate of drug-likeness (QED) is 0.887. The normalized spacial score (nSPS) is 10.2. The van der Waals surface area contributed by atoms with Crippen molar-refractivity contribution in [3.63, 3.8) is 0 Å². The lowest BCUT2D eigenvalue weighted by molar-refractivity contribution is -0.119. The summed E-state index contributed by atoms with van der Waals surface area (Å²) in [5, 5.41) is 5.03. The Hall–Kier alpha value is -2.12. The Balaban J connectivity index is 2.26. The number of ether oxygens (including phenoxy) is 3. The molecule has 0 aliphatic heterocycles. The highest BCUT2D eigenvalue weighted by atomic mass is 32.1. The molecule has 0 aliphatic carbocycles. The van der Waals surface area contributed by atoms with Gasteiger partial charge in [0.05, 0.1) is 19.9 Å². The molecule has 0 saturated heterocycles. The Bertz CT molecular complexity index is 627. The van der Waals surface area contributed by atoms with Crippen molar-refractivity contribution in [3.8, 4) is 22.8 Å². The van der Waals surface area contributed by atoms with Crippen molar-refractivity contribution >= 4 is 22.4 Å². The maximum Gasteiger partial charge on any atom is 0.252 e. The Morgan fingerprint density at radius 2 is 2.10 bits per heavy atom. The minimum Gasteiger partial charge on any atom is -0.497 e. The van der Waals surface area contributed by atoms with Gasteiger partial charge in [0.15, 0.2) is 5.13 Å². The van der Waals surface area contributed by atoms with E-state index in [1.54, 1.807) is 14.2 Å². The van der Waals surface area contributed by atoms with Gasteiger partial charge in [0.1, 0.15) is 18.1 Å². The molecule has 1 amide bonds. The first-order chi connectivity index (χ1) is 10.2. The number of thiazole rings is 1. The minimum atomic E-state index is -0.240. The predicted molar refractivity (Wildman–Crippen MR) is 81.2 cm³/mol. The molecular formula is C14H16N2O4S. The van der Waals surface area contributed by atoms with Crippen molar-refractivity contribution in [3.05, 3.63) is 23.6 Å². The second-order valence-corrected chi connectivity index (χ2v) is 4.94. The van der Waals surface area contributed by atoms with E-state index in [-0.39, 0.29) is 12.5 Å². The van der Waals surface area contributed by atoms with Crippen LogP contribution in [0.5, 0.6) is 11.5 Å². The summed E-state index contributed by atoms with van der Waals surface area (Å²) < 4.78 is 15.3. The van der Waals surface area contributed by atoms with Crippen LogP contribution in [-0.2, 0) is 9.53 Å². The summed E-state index contributed by atoms with van der Waals surface area (Å²) in [6, 6.07) is 5.47. The number of rotatable bonds is 6. The summed E-state index contributed by atoms with van der Waals surface area (Å²) in [7, 11) is 4.66. The van der Waals surface area contributed by atoms with Gasteiger partial charge < -0.3 is 14.2 Å². The second kappa shape index (κ2) is 7.05. The Kier molecular flexibility index (Phi) is 5.13. The summed E-state index contributed by atoms with van der Waals surface area (Å²) in [5.41, 5.74) is 1.52. The fraction of sp³-hybridized carbons (Fsp3) is 0.286. The zero-order chi connectivity index (χ0) is 15.2. The number of carbonyl (C=O) groups excluding carboxylic acids is 1. The van der Waals surface area contributed by atoms with Crippen LogP contribution in [0.1, 0.15) is 0 Å². The number of nitrogens with one attached hydrogen (secondary N) is 1. The number of anilines is 1. The van der Waals surface area contributed by atoms with Gasteiger partial charge in [-0.3, -0.25) is 10.1 Å². The van der Waals surface area contributed by atoms with Crippen molar-refractivity contribution in [2.75, 3.05) is 33.3 Å². The molecule has 6 nitrogen and oxygen atoms in total. The number of hydrogen-bond acceptors (Lipinski definition) is 6. The van der Waals surface area contributed by atoms with Gasteiger partial charge >= 0.3 is 0 Å². The van der Waals surface area contributed by atoms with E-state index in [0.717, 1.165) is 5.56 Å². The summed E-state index contributed by atoms with van der Waals surface area (Å²) >= 11 is 1.34. The smallest absolute Gasteiger partial charge is 0.252 e. The van der Waals surface area contributed by atoms with Crippen LogP contribution in [0.15, 0.2) is 23.6 Å². The molecule has 0 bridgehead atoms. The fourth-order valence-electron chi connectivity index (χ4n) is 1.76. The molecule has 1 heterocycles. The van der Waals surface area contributed by atoms with Gasteiger partial charge in [-0.05, 0) is 18.2 Å². The molecule has 1 aromatic carbocycles. The lowest BCUT2D eigenvalue weighted by Gasteiger charge is -2.08. The van der Waals surface area contributed by atoms with Crippen LogP contribution in [0.2, 0.25) is 0 Å². The maximum absolute atomic E-state index is 11.5. The molecule has 2 rings (SSSR count). The second-order valence-electron chi connectivity index (χ2n) is 4.09. The average Bonchev–Trinajstić information content (AvgIpc) is 2.95. The Labute approximate surface area is 126 Å². The Morgan fingerprint density at radius 3 is 2.76 bits per heavy atom. The van der Waals surface area contributed by atoms with Crippen molar-refractivity contribution in [1.82, 2.24) is 4.98 Å². The van der Waals surface area contributed by atoms with E-state index < -0.39 is 0 Å². The first-order valence-corrected chi connectivity index (χ1v) is 7.02. The van der Waals surface area contributed by atoms with E-state index in [1.165, 1.54) is 18.4 Å². The zero-order valence-electron chi connectivity index (χ0n) is 12.0. The zero-order valence-corrected chi connectivity index (χ0v) is 12.8. The third kappa shape index (κ3) is 3.71. The van der Waals surface area contributed by atoms with Crippen molar-refractivity contribution in [2.24, 2.45) is 0 Å². The fourth-order valence-corrected chi connectivity index (χ4v) is 2.48. The van der Waals surface area contributed by atoms with Crippen LogP contribution in [0.25, 0.3) is 11.3 Å². The molecule has 1 N–H and O–H groups in total. The predicted octanol–water partition coefficient (Wildman–Crippen LogP) is 2.41. The standard InChI is InChI=1S/C14H16N2O4S/c1-18-7-13(17)16-14-15-11(8-21-14)10-6-9(19-2)4-5-12(10)20-3/h4-6,8H,7H2,1-3H3,(H,15,16,17). The number of hydrogen-bond donors (Lipinski definition) is 1. The third-order valence-corrected chi connectivity index (χ3v) is 3.47. The van der Waals surface area contributed by atoms with Gasteiger partial charge in [-0.15, -0.1) is 11.3 Å². The van der Waals surface area contributed by atoms with Crippen LogP contribution >= 0.6 is 11.3 Å². The van der Waals surface area contributed by atoms with Crippen LogP contribution < -0.4 is 14.8 Å². The molecule has 0 fully saturated rings. The van der Waals surface area contributed by atoms with Gasteiger partial charge in [-0.2, -0.15) is 0 Å². The topological polar surface area (TPSA) is 69.7 Å². The van der Waals surface area contributed by atoms with Crippen molar-refractivity contribution < 1.29 is 19.0 Å². The number of benzene rings is 1. The van der Waals surface area contributed by atoms with Crippen molar-refractivity contribution in [2.45, 2.75) is 0 Å². The SMILES string of the molecule is COCC(=O)Nc1nc(-c2cc(OC)ccc2OC)cs1. The molecule has 21 heavy (non-hydrogen) atoms. The van der Waals surface area contributed by atoms with Gasteiger partial charge in [0, 0.05) is 18.1 Å². The van der Waals surface area contributed by atoms with E-state index in [1.807, 2.05) is 23.6 Å². The molecule has 0 unspecified atom stereocenters. The van der Waals surface area contributed by atoms with E-state index in [4.69, 9.17) is 14.2 Å². The van der Waals surface area contributed by atoms with Crippen LogP contribution in [0.3, 0.4) is 0 Å². The van der Waals surface area contributed by atoms with E-state index in [2.05, 4.69) is 10.3 Å². The number of nitrogens with zero attached hydrogens (tertiary/aromatic N) is 1. The molecule has 1 aromatic heterocycles. The molecule has 2 aromatic rings. The molecule has 112 valence electrons. The first kappa shape index (κ1) is 15.3. The summed E-state index contributed by atoms with van der Waals surface area (Å²) in [4.78, 5) is 15.8. The molecule has 0 spiro atoms. The molecule has 0 atom stereocenters. The largest absolute Gasteiger partial charge is 0.497 e. The third-order valence-electron chi connectivity index (χ3n) is 2.71. The van der Waals surface area contributed by atoms with Crippen molar-refractivity contribution in [1.29, 1.82) is 0 Å². The molecular weight excluding hydrogens is 292 g/mol. The highest BCUT2D eigenvalue weighted by Gasteiger charge is 2.12. The minimum absolute atomic E-state index is 0.00259. The lowest BCUT2D eigenvalue weighted by Crippen LogP contribution is -2.16. The monoisotopic (exact) mass is 308 g/mol. The summed E-state index contributed by atoms with van der Waals surface area (Å²) in [5.74, 6) is 1.16. The van der Waals surface area contributed by atoms with Crippen LogP contribution in [0, 0.1) is 0 Å². The number of methoxy groups -OCH3 is 3. The average molecular weight is 308 g/mol. The van der Waals surface area contributed by atoms with E-state index >= 15 is 0 Å². The maximum atomic E-state index is 11.5. The Morgan fingerprint density at radius 1 is 1.29 bits per heavy atom. The first-order valence-electron chi connectivity index (χ1n) is 6.14. The highest BCUT2D eigenvalue weighted by Crippen LogP contribution is 2.34. The number of aromatic nitrogens is 1. The highest BCUT2D eigenvalue weighted by molar-refractivity contribution is 7.14. The molecule has 0 saturated carbocycles. The number of amides is 1. The van der Waals surface area contributed by atoms with Gasteiger partial charge in [-0.1, -0.05) is 0 Å². The molecule has 0 radical (unpaired) electrons. The molecule has 0 aliphatic rings. The van der Waals surface area contributed by atoms with Crippen LogP contribution in [-0.4, -0.2) is 38.8 Å². The van der Waals surface area contributed by atoms with Crippen LogP contribution in [0.4, 0.5) is 5.13 Å². The number of carbonyl (C=O) groups is 1. The molecule has 7 heteroatoms. The summed E-state index contributed by atoms with van der Waals surface area (Å²) in [6.07, 6.45) is 0. The lowest BCUT2D eigenvalue weighted by atomic mass is 10.1. The van der Waals surface area contributed by atoms with E-state index in [0.29, 0.717) is 22.3 Å². The van der Waals surface area contributed by atoms with E-state index in [9.17, 15) is 4.79 Å². The van der Waals surface area contributed by atoms with Gasteiger partial charge in [0.2, 0.25) is 0 Å². The summed E-state index contributed by atoms with van der Waals surface area (Å²) in [6.45, 7) is -0.00259. The van der Waals surface area contributed by atoms with Gasteiger partial charge in [0.25, 0.3) is 5.91 Å².